The minimum atomic E-state index is -0.376. The molecule has 0 aliphatic heterocycles. The Kier molecular flexibility index (Phi) is 2.56. The molecule has 2 aromatic rings. The number of esters is 1. The molecule has 1 aromatic carbocycles. The molecule has 3 heteroatoms. The third-order valence-electron chi connectivity index (χ3n) is 2.00. The topological polar surface area (TPSA) is 26.3 Å². The molecule has 0 aliphatic rings. The van der Waals surface area contributed by atoms with Crippen molar-refractivity contribution in [2.45, 2.75) is 6.92 Å². The second-order valence-corrected chi connectivity index (χ2v) is 4.18. The molecule has 0 unspecified atom stereocenters. The van der Waals surface area contributed by atoms with E-state index in [9.17, 15) is 4.79 Å². The van der Waals surface area contributed by atoms with Crippen molar-refractivity contribution in [3.63, 3.8) is 0 Å². The quantitative estimate of drug-likeness (QED) is 0.570. The van der Waals surface area contributed by atoms with Gasteiger partial charge >= 0.3 is 5.97 Å². The summed E-state index contributed by atoms with van der Waals surface area (Å²) in [6.07, 6.45) is 0. The average molecular weight is 218 g/mol. The smallest absolute Gasteiger partial charge is 0.338 e. The van der Waals surface area contributed by atoms with Crippen molar-refractivity contribution in [1.29, 1.82) is 0 Å². The second-order valence-electron chi connectivity index (χ2n) is 3.27. The molecule has 0 bridgehead atoms. The van der Waals surface area contributed by atoms with E-state index in [2.05, 4.69) is 6.58 Å². The van der Waals surface area contributed by atoms with Gasteiger partial charge in [0.15, 0.2) is 0 Å². The predicted octanol–water partition coefficient (Wildman–Crippen LogP) is 3.38. The van der Waals surface area contributed by atoms with Gasteiger partial charge in [0.1, 0.15) is 5.75 Å². The number of thiophene rings is 1. The lowest BCUT2D eigenvalue weighted by Crippen LogP contribution is -2.07. The summed E-state index contributed by atoms with van der Waals surface area (Å²) in [5.41, 5.74) is 0.408. The Balaban J connectivity index is 2.37. The van der Waals surface area contributed by atoms with Gasteiger partial charge < -0.3 is 4.74 Å². The molecule has 0 aliphatic carbocycles. The highest BCUT2D eigenvalue weighted by molar-refractivity contribution is 7.17. The third kappa shape index (κ3) is 1.92. The summed E-state index contributed by atoms with van der Waals surface area (Å²) in [6, 6.07) is 7.82. The van der Waals surface area contributed by atoms with Crippen LogP contribution in [0.1, 0.15) is 6.92 Å². The fourth-order valence-electron chi connectivity index (χ4n) is 1.22. The first-order valence-corrected chi connectivity index (χ1v) is 5.40. The van der Waals surface area contributed by atoms with Gasteiger partial charge in [-0.05, 0) is 19.1 Å². The SMILES string of the molecule is C=C(C)C(=O)Oc1csc2ccccc12. The summed E-state index contributed by atoms with van der Waals surface area (Å²) in [5, 5.41) is 2.81. The summed E-state index contributed by atoms with van der Waals surface area (Å²) >= 11 is 1.56. The first-order valence-electron chi connectivity index (χ1n) is 4.52. The number of hydrogen-bond acceptors (Lipinski definition) is 3. The Morgan fingerprint density at radius 3 is 2.87 bits per heavy atom. The van der Waals surface area contributed by atoms with Gasteiger partial charge in [0.25, 0.3) is 0 Å². The standard InChI is InChI=1S/C12H10O2S/c1-8(2)12(13)14-10-7-15-11-6-4-3-5-9(10)11/h3-7H,1H2,2H3. The predicted molar refractivity (Wildman–Crippen MR) is 62.3 cm³/mol. The van der Waals surface area contributed by atoms with Crippen LogP contribution in [-0.2, 0) is 4.79 Å². The van der Waals surface area contributed by atoms with Crippen molar-refractivity contribution < 1.29 is 9.53 Å². The maximum atomic E-state index is 11.3. The van der Waals surface area contributed by atoms with Crippen LogP contribution in [0, 0.1) is 0 Å². The minimum Gasteiger partial charge on any atom is -0.422 e. The number of benzene rings is 1. The van der Waals surface area contributed by atoms with Crippen molar-refractivity contribution in [1.82, 2.24) is 0 Å². The van der Waals surface area contributed by atoms with Crippen molar-refractivity contribution >= 4 is 27.4 Å². The molecule has 1 aromatic heterocycles. The van der Waals surface area contributed by atoms with Crippen LogP contribution in [0.2, 0.25) is 0 Å². The second kappa shape index (κ2) is 3.87. The van der Waals surface area contributed by atoms with Crippen LogP contribution in [-0.4, -0.2) is 5.97 Å². The molecule has 0 spiro atoms. The molecular formula is C12H10O2S. The van der Waals surface area contributed by atoms with Gasteiger partial charge in [-0.3, -0.25) is 0 Å². The van der Waals surface area contributed by atoms with Crippen LogP contribution in [0.5, 0.6) is 5.75 Å². The van der Waals surface area contributed by atoms with Crippen LogP contribution in [0.15, 0.2) is 41.8 Å². The van der Waals surface area contributed by atoms with Gasteiger partial charge in [-0.25, -0.2) is 4.79 Å². The number of ether oxygens (including phenoxy) is 1. The molecular weight excluding hydrogens is 208 g/mol. The first kappa shape index (κ1) is 9.93. The Hall–Kier alpha value is -1.61. The largest absolute Gasteiger partial charge is 0.422 e. The van der Waals surface area contributed by atoms with E-state index in [0.29, 0.717) is 11.3 Å². The molecule has 76 valence electrons. The van der Waals surface area contributed by atoms with Crippen molar-refractivity contribution in [2.24, 2.45) is 0 Å². The zero-order chi connectivity index (χ0) is 10.8. The highest BCUT2D eigenvalue weighted by Gasteiger charge is 2.09. The van der Waals surface area contributed by atoms with E-state index in [4.69, 9.17) is 4.74 Å². The highest BCUT2D eigenvalue weighted by Crippen LogP contribution is 2.32. The van der Waals surface area contributed by atoms with Gasteiger partial charge in [-0.2, -0.15) is 0 Å². The number of carbonyl (C=O) groups excluding carboxylic acids is 1. The number of fused-ring (bicyclic) bond motifs is 1. The van der Waals surface area contributed by atoms with E-state index >= 15 is 0 Å². The summed E-state index contributed by atoms with van der Waals surface area (Å²) in [4.78, 5) is 11.3. The molecule has 0 saturated carbocycles. The van der Waals surface area contributed by atoms with Gasteiger partial charge in [-0.1, -0.05) is 18.7 Å². The lowest BCUT2D eigenvalue weighted by atomic mass is 10.2. The summed E-state index contributed by atoms with van der Waals surface area (Å²) in [7, 11) is 0. The van der Waals surface area contributed by atoms with E-state index in [1.165, 1.54) is 0 Å². The van der Waals surface area contributed by atoms with Crippen molar-refractivity contribution in [3.05, 3.63) is 41.8 Å². The number of rotatable bonds is 2. The zero-order valence-corrected chi connectivity index (χ0v) is 9.14. The molecule has 15 heavy (non-hydrogen) atoms. The summed E-state index contributed by atoms with van der Waals surface area (Å²) < 4.78 is 6.31. The van der Waals surface area contributed by atoms with Gasteiger partial charge in [0.05, 0.1) is 0 Å². The average Bonchev–Trinajstić information content (AvgIpc) is 2.62. The number of carbonyl (C=O) groups is 1. The maximum Gasteiger partial charge on any atom is 0.338 e. The minimum absolute atomic E-state index is 0.376. The fourth-order valence-corrected chi connectivity index (χ4v) is 2.08. The van der Waals surface area contributed by atoms with Gasteiger partial charge in [0, 0.05) is 21.0 Å². The monoisotopic (exact) mass is 218 g/mol. The van der Waals surface area contributed by atoms with E-state index in [1.807, 2.05) is 29.6 Å². The van der Waals surface area contributed by atoms with Crippen LogP contribution < -0.4 is 4.74 Å². The van der Waals surface area contributed by atoms with E-state index in [-0.39, 0.29) is 5.97 Å². The first-order chi connectivity index (χ1) is 7.18. The van der Waals surface area contributed by atoms with Crippen LogP contribution >= 0.6 is 11.3 Å². The van der Waals surface area contributed by atoms with Crippen molar-refractivity contribution in [2.75, 3.05) is 0 Å². The molecule has 0 fully saturated rings. The van der Waals surface area contributed by atoms with E-state index in [1.54, 1.807) is 18.3 Å². The lowest BCUT2D eigenvalue weighted by Gasteiger charge is -2.01. The van der Waals surface area contributed by atoms with E-state index in [0.717, 1.165) is 10.1 Å². The van der Waals surface area contributed by atoms with Crippen LogP contribution in [0.3, 0.4) is 0 Å². The third-order valence-corrected chi connectivity index (χ3v) is 2.94. The fraction of sp³-hybridized carbons (Fsp3) is 0.0833. The molecule has 0 N–H and O–H groups in total. The Bertz CT molecular complexity index is 525. The Morgan fingerprint density at radius 1 is 1.40 bits per heavy atom. The molecule has 2 rings (SSSR count). The molecule has 0 amide bonds. The molecule has 0 atom stereocenters. The van der Waals surface area contributed by atoms with Gasteiger partial charge in [0.2, 0.25) is 0 Å². The Morgan fingerprint density at radius 2 is 2.13 bits per heavy atom. The Labute approximate surface area is 91.8 Å². The molecule has 0 saturated heterocycles. The molecule has 0 radical (unpaired) electrons. The van der Waals surface area contributed by atoms with Crippen LogP contribution in [0.25, 0.3) is 10.1 Å². The molecule has 1 heterocycles. The zero-order valence-electron chi connectivity index (χ0n) is 8.32. The summed E-state index contributed by atoms with van der Waals surface area (Å²) in [5.74, 6) is 0.238. The highest BCUT2D eigenvalue weighted by atomic mass is 32.1. The number of hydrogen-bond donors (Lipinski definition) is 0. The van der Waals surface area contributed by atoms with Crippen LogP contribution in [0.4, 0.5) is 0 Å². The molecule has 2 nitrogen and oxygen atoms in total. The maximum absolute atomic E-state index is 11.3. The lowest BCUT2D eigenvalue weighted by molar-refractivity contribution is -0.129. The normalized spacial score (nSPS) is 10.2. The van der Waals surface area contributed by atoms with E-state index < -0.39 is 0 Å². The van der Waals surface area contributed by atoms with Gasteiger partial charge in [-0.15, -0.1) is 11.3 Å². The summed E-state index contributed by atoms with van der Waals surface area (Å²) in [6.45, 7) is 5.18. The van der Waals surface area contributed by atoms with Crippen molar-refractivity contribution in [3.8, 4) is 5.75 Å².